The highest BCUT2D eigenvalue weighted by Crippen LogP contribution is 2.11. The molecule has 2 aromatic carbocycles. The summed E-state index contributed by atoms with van der Waals surface area (Å²) in [5.74, 6) is 0. The maximum Gasteiger partial charge on any atom is 0.257 e. The zero-order chi connectivity index (χ0) is 16.9. The lowest BCUT2D eigenvalue weighted by molar-refractivity contribution is 0.575. The van der Waals surface area contributed by atoms with E-state index in [0.717, 1.165) is 11.1 Å². The fourth-order valence-corrected chi connectivity index (χ4v) is 3.09. The molecule has 0 saturated heterocycles. The van der Waals surface area contributed by atoms with Gasteiger partial charge in [-0.15, -0.1) is 4.83 Å². The summed E-state index contributed by atoms with van der Waals surface area (Å²) in [7, 11) is -3.66. The van der Waals surface area contributed by atoms with Gasteiger partial charge >= 0.3 is 0 Å². The largest absolute Gasteiger partial charge is 0.355 e. The maximum atomic E-state index is 12.1. The molecule has 0 bridgehead atoms. The van der Waals surface area contributed by atoms with Crippen LogP contribution in [0.4, 0.5) is 0 Å². The molecule has 5 nitrogen and oxygen atoms in total. The van der Waals surface area contributed by atoms with Gasteiger partial charge in [-0.25, -0.2) is 8.42 Å². The van der Waals surface area contributed by atoms with E-state index in [2.05, 4.69) is 15.6 Å². The van der Waals surface area contributed by atoms with Crippen LogP contribution in [0.15, 0.2) is 59.5 Å². The van der Waals surface area contributed by atoms with E-state index in [-0.39, 0.29) is 16.0 Å². The van der Waals surface area contributed by atoms with E-state index in [1.807, 2.05) is 44.2 Å². The average Bonchev–Trinajstić information content (AvgIpc) is 2.54. The molecule has 122 valence electrons. The predicted octanol–water partition coefficient (Wildman–Crippen LogP) is 2.41. The lowest BCUT2D eigenvalue weighted by Crippen LogP contribution is -2.47. The molecule has 23 heavy (non-hydrogen) atoms. The molecule has 0 saturated carbocycles. The molecule has 1 atom stereocenters. The molecule has 2 rings (SSSR count). The average molecular weight is 349 g/mol. The van der Waals surface area contributed by atoms with Crippen molar-refractivity contribution in [1.82, 2.24) is 15.6 Å². The molecular formula is C16H19N3O2S2. The normalized spacial score (nSPS) is 12.4. The van der Waals surface area contributed by atoms with Crippen LogP contribution in [-0.4, -0.2) is 13.5 Å². The van der Waals surface area contributed by atoms with Crippen LogP contribution in [0.25, 0.3) is 0 Å². The highest BCUT2D eigenvalue weighted by molar-refractivity contribution is 7.89. The summed E-state index contributed by atoms with van der Waals surface area (Å²) in [6, 6.07) is 16.3. The Hall–Kier alpha value is -1.96. The number of sulfonamides is 1. The van der Waals surface area contributed by atoms with Gasteiger partial charge in [0.25, 0.3) is 10.0 Å². The van der Waals surface area contributed by atoms with Crippen molar-refractivity contribution in [3.05, 3.63) is 65.7 Å². The van der Waals surface area contributed by atoms with Crippen LogP contribution in [0.1, 0.15) is 24.1 Å². The zero-order valence-electron chi connectivity index (χ0n) is 12.9. The standard InChI is InChI=1S/C16H19N3O2S2/c1-12-8-10-15(11-9-12)23(20,21)19-18-16(22)17-13(2)14-6-4-3-5-7-14/h3-11,13,19H,1-2H3,(H2,17,18,22). The summed E-state index contributed by atoms with van der Waals surface area (Å²) in [4.78, 5) is 2.45. The number of hydrogen-bond acceptors (Lipinski definition) is 3. The number of benzene rings is 2. The fourth-order valence-electron chi connectivity index (χ4n) is 1.95. The third kappa shape index (κ3) is 5.02. The number of nitrogens with one attached hydrogen (secondary N) is 3. The molecule has 0 aliphatic heterocycles. The highest BCUT2D eigenvalue weighted by Gasteiger charge is 2.14. The summed E-state index contributed by atoms with van der Waals surface area (Å²) in [6.07, 6.45) is 0. The minimum atomic E-state index is -3.66. The van der Waals surface area contributed by atoms with Crippen LogP contribution in [-0.2, 0) is 10.0 Å². The van der Waals surface area contributed by atoms with Gasteiger partial charge in [0.2, 0.25) is 0 Å². The van der Waals surface area contributed by atoms with Gasteiger partial charge in [0.05, 0.1) is 10.9 Å². The number of rotatable bonds is 5. The van der Waals surface area contributed by atoms with Gasteiger partial charge in [-0.3, -0.25) is 5.43 Å². The Morgan fingerprint density at radius 2 is 1.65 bits per heavy atom. The van der Waals surface area contributed by atoms with Crippen LogP contribution in [0.3, 0.4) is 0 Å². The summed E-state index contributed by atoms with van der Waals surface area (Å²) < 4.78 is 24.3. The van der Waals surface area contributed by atoms with Crippen LogP contribution < -0.4 is 15.6 Å². The van der Waals surface area contributed by atoms with Gasteiger partial charge in [0.1, 0.15) is 0 Å². The predicted molar refractivity (Wildman–Crippen MR) is 95.2 cm³/mol. The van der Waals surface area contributed by atoms with Crippen molar-refractivity contribution in [1.29, 1.82) is 0 Å². The van der Waals surface area contributed by atoms with E-state index < -0.39 is 10.0 Å². The summed E-state index contributed by atoms with van der Waals surface area (Å²) >= 11 is 5.12. The Morgan fingerprint density at radius 3 is 2.26 bits per heavy atom. The van der Waals surface area contributed by atoms with E-state index in [0.29, 0.717) is 0 Å². The minimum Gasteiger partial charge on any atom is -0.355 e. The summed E-state index contributed by atoms with van der Waals surface area (Å²) in [5.41, 5.74) is 4.56. The Kier molecular flexibility index (Phi) is 5.70. The van der Waals surface area contributed by atoms with Crippen molar-refractivity contribution < 1.29 is 8.42 Å². The first-order valence-electron chi connectivity index (χ1n) is 7.08. The van der Waals surface area contributed by atoms with Crippen LogP contribution in [0.2, 0.25) is 0 Å². The second-order valence-corrected chi connectivity index (χ2v) is 7.24. The first-order chi connectivity index (χ1) is 10.9. The van der Waals surface area contributed by atoms with Crippen LogP contribution in [0.5, 0.6) is 0 Å². The quantitative estimate of drug-likeness (QED) is 0.571. The summed E-state index contributed by atoms with van der Waals surface area (Å²) in [6.45, 7) is 3.84. The van der Waals surface area contributed by atoms with Gasteiger partial charge in [-0.1, -0.05) is 48.0 Å². The molecule has 0 fully saturated rings. The SMILES string of the molecule is Cc1ccc(S(=O)(=O)NNC(=S)NC(C)c2ccccc2)cc1. The Labute approximate surface area is 142 Å². The molecule has 7 heteroatoms. The lowest BCUT2D eigenvalue weighted by Gasteiger charge is -2.17. The zero-order valence-corrected chi connectivity index (χ0v) is 14.5. The first-order valence-corrected chi connectivity index (χ1v) is 8.97. The molecule has 0 aromatic heterocycles. The third-order valence-electron chi connectivity index (χ3n) is 3.28. The molecule has 0 aliphatic rings. The first kappa shape index (κ1) is 17.4. The molecule has 0 heterocycles. The number of hydrazine groups is 1. The van der Waals surface area contributed by atoms with Crippen molar-refractivity contribution in [3.63, 3.8) is 0 Å². The topological polar surface area (TPSA) is 70.2 Å². The molecule has 0 radical (unpaired) electrons. The molecule has 0 aliphatic carbocycles. The Balaban J connectivity index is 1.92. The Morgan fingerprint density at radius 1 is 1.04 bits per heavy atom. The third-order valence-corrected chi connectivity index (χ3v) is 4.76. The second kappa shape index (κ2) is 7.54. The van der Waals surface area contributed by atoms with Gasteiger partial charge in [0, 0.05) is 0 Å². The highest BCUT2D eigenvalue weighted by atomic mass is 32.2. The van der Waals surface area contributed by atoms with Gasteiger partial charge in [-0.2, -0.15) is 0 Å². The maximum absolute atomic E-state index is 12.1. The van der Waals surface area contributed by atoms with E-state index in [1.54, 1.807) is 24.3 Å². The monoisotopic (exact) mass is 349 g/mol. The van der Waals surface area contributed by atoms with Crippen LogP contribution >= 0.6 is 12.2 Å². The van der Waals surface area contributed by atoms with Gasteiger partial charge in [0.15, 0.2) is 5.11 Å². The van der Waals surface area contributed by atoms with Crippen molar-refractivity contribution in [2.24, 2.45) is 0 Å². The molecule has 1 unspecified atom stereocenters. The molecule has 0 spiro atoms. The van der Waals surface area contributed by atoms with Crippen molar-refractivity contribution >= 4 is 27.4 Å². The fraction of sp³-hybridized carbons (Fsp3) is 0.188. The number of hydrogen-bond donors (Lipinski definition) is 3. The van der Waals surface area contributed by atoms with Crippen molar-refractivity contribution in [2.45, 2.75) is 24.8 Å². The van der Waals surface area contributed by atoms with Crippen LogP contribution in [0, 0.1) is 6.92 Å². The van der Waals surface area contributed by atoms with E-state index >= 15 is 0 Å². The van der Waals surface area contributed by atoms with Gasteiger partial charge < -0.3 is 5.32 Å². The lowest BCUT2D eigenvalue weighted by atomic mass is 10.1. The molecule has 2 aromatic rings. The number of thiocarbonyl (C=S) groups is 1. The molecule has 0 amide bonds. The van der Waals surface area contributed by atoms with E-state index in [4.69, 9.17) is 12.2 Å². The second-order valence-electron chi connectivity index (χ2n) is 5.15. The molecular weight excluding hydrogens is 330 g/mol. The summed E-state index contributed by atoms with van der Waals surface area (Å²) in [5, 5.41) is 3.23. The number of aryl methyl sites for hydroxylation is 1. The minimum absolute atomic E-state index is 0.0416. The molecule has 3 N–H and O–H groups in total. The smallest absolute Gasteiger partial charge is 0.257 e. The van der Waals surface area contributed by atoms with E-state index in [9.17, 15) is 8.42 Å². The van der Waals surface area contributed by atoms with Crippen molar-refractivity contribution in [2.75, 3.05) is 0 Å². The van der Waals surface area contributed by atoms with Gasteiger partial charge in [-0.05, 0) is 43.8 Å². The van der Waals surface area contributed by atoms with Crippen molar-refractivity contribution in [3.8, 4) is 0 Å². The van der Waals surface area contributed by atoms with E-state index in [1.165, 1.54) is 0 Å². The Bertz CT molecular complexity index is 760.